The molecule has 0 unspecified atom stereocenters. The fourth-order valence-corrected chi connectivity index (χ4v) is 1.56. The van der Waals surface area contributed by atoms with Gasteiger partial charge in [0.15, 0.2) is 5.82 Å². The van der Waals surface area contributed by atoms with Crippen molar-refractivity contribution >= 4 is 5.97 Å². The molecule has 9 nitrogen and oxygen atoms in total. The van der Waals surface area contributed by atoms with Gasteiger partial charge in [-0.1, -0.05) is 0 Å². The van der Waals surface area contributed by atoms with Gasteiger partial charge in [-0.05, 0) is 0 Å². The molecule has 0 bridgehead atoms. The molecule has 0 saturated carbocycles. The van der Waals surface area contributed by atoms with Crippen LogP contribution in [0.1, 0.15) is 23.4 Å². The monoisotopic (exact) mass is 307 g/mol. The summed E-state index contributed by atoms with van der Waals surface area (Å²) in [6, 6.07) is 1.80. The third-order valence-corrected chi connectivity index (χ3v) is 2.43. The Morgan fingerprint density at radius 1 is 1.18 bits per heavy atom. The number of nitrogens with zero attached hydrogens (tertiary/aromatic N) is 7. The number of hydrogen-bond acceptors (Lipinski definition) is 8. The second-order valence-corrected chi connectivity index (χ2v) is 4.01. The fraction of sp³-hybridized carbons (Fsp3) is 0.273. The van der Waals surface area contributed by atoms with E-state index in [4.69, 9.17) is 10.4 Å². The molecule has 1 atom stereocenters. The summed E-state index contributed by atoms with van der Waals surface area (Å²) in [5.74, 6) is -2.99. The summed E-state index contributed by atoms with van der Waals surface area (Å²) in [4.78, 5) is 31.2. The molecule has 0 amide bonds. The molecule has 1 N–H and O–H groups in total. The van der Waals surface area contributed by atoms with E-state index >= 15 is 0 Å². The van der Waals surface area contributed by atoms with Crippen molar-refractivity contribution in [1.82, 2.24) is 29.9 Å². The molecule has 0 saturated heterocycles. The maximum absolute atomic E-state index is 13.3. The average Bonchev–Trinajstić information content (AvgIpc) is 2.43. The van der Waals surface area contributed by atoms with E-state index in [0.29, 0.717) is 0 Å². The second kappa shape index (κ2) is 6.53. The maximum atomic E-state index is 13.3. The van der Waals surface area contributed by atoms with Crippen LogP contribution in [0.4, 0.5) is 8.78 Å². The quantitative estimate of drug-likeness (QED) is 0.796. The molecule has 2 heterocycles. The van der Waals surface area contributed by atoms with Crippen molar-refractivity contribution in [2.24, 2.45) is 0 Å². The number of nitriles is 1. The number of aliphatic carboxylic acids is 1. The first-order valence-electron chi connectivity index (χ1n) is 5.83. The molecule has 2 aromatic rings. The van der Waals surface area contributed by atoms with Crippen molar-refractivity contribution in [3.63, 3.8) is 0 Å². The fourth-order valence-electron chi connectivity index (χ4n) is 1.56. The van der Waals surface area contributed by atoms with Crippen LogP contribution in [0.2, 0.25) is 0 Å². The third kappa shape index (κ3) is 3.92. The zero-order chi connectivity index (χ0) is 16.1. The Balaban J connectivity index is 2.29. The molecule has 0 spiro atoms. The average molecular weight is 307 g/mol. The van der Waals surface area contributed by atoms with Gasteiger partial charge < -0.3 is 5.11 Å². The van der Waals surface area contributed by atoms with E-state index in [1.54, 1.807) is 6.07 Å². The highest BCUT2D eigenvalue weighted by atomic mass is 19.1. The standard InChI is InChI=1S/C11H7F2N7O2/c12-10-16-4-15-6(18-10)1-5(3-14)9-17-7(2-8(21)22)19-11(13)20-9/h4-5H,1-2H2,(H,21,22)/t5-/m1/s1. The first kappa shape index (κ1) is 15.2. The molecule has 11 heteroatoms. The Morgan fingerprint density at radius 2 is 1.91 bits per heavy atom. The van der Waals surface area contributed by atoms with Crippen LogP contribution in [0, 0.1) is 23.5 Å². The van der Waals surface area contributed by atoms with Crippen molar-refractivity contribution in [2.75, 3.05) is 0 Å². The van der Waals surface area contributed by atoms with Gasteiger partial charge in [0.2, 0.25) is 0 Å². The molecule has 112 valence electrons. The van der Waals surface area contributed by atoms with Crippen molar-refractivity contribution in [3.8, 4) is 6.07 Å². The van der Waals surface area contributed by atoms with Crippen LogP contribution in [0.25, 0.3) is 0 Å². The molecule has 2 aromatic heterocycles. The van der Waals surface area contributed by atoms with Crippen LogP contribution in [-0.4, -0.2) is 41.0 Å². The molecule has 0 fully saturated rings. The van der Waals surface area contributed by atoms with Gasteiger partial charge in [-0.15, -0.1) is 0 Å². The second-order valence-electron chi connectivity index (χ2n) is 4.01. The van der Waals surface area contributed by atoms with Gasteiger partial charge in [0, 0.05) is 6.42 Å². The number of halogens is 2. The number of carbonyl (C=O) groups is 1. The largest absolute Gasteiger partial charge is 0.481 e. The van der Waals surface area contributed by atoms with E-state index in [-0.39, 0.29) is 23.9 Å². The number of rotatable bonds is 5. The minimum absolute atomic E-state index is 0.0420. The van der Waals surface area contributed by atoms with Gasteiger partial charge in [0.1, 0.15) is 30.3 Å². The Morgan fingerprint density at radius 3 is 2.55 bits per heavy atom. The first-order valence-corrected chi connectivity index (χ1v) is 5.83. The Labute approximate surface area is 121 Å². The molecule has 0 aliphatic rings. The summed E-state index contributed by atoms with van der Waals surface area (Å²) in [6.07, 6.45) is -2.11. The van der Waals surface area contributed by atoms with E-state index in [0.717, 1.165) is 6.33 Å². The Kier molecular flexibility index (Phi) is 4.52. The van der Waals surface area contributed by atoms with Gasteiger partial charge in [-0.2, -0.15) is 34.0 Å². The zero-order valence-corrected chi connectivity index (χ0v) is 10.8. The smallest absolute Gasteiger partial charge is 0.312 e. The van der Waals surface area contributed by atoms with Crippen molar-refractivity contribution in [2.45, 2.75) is 18.8 Å². The molecule has 0 radical (unpaired) electrons. The summed E-state index contributed by atoms with van der Waals surface area (Å²) in [5, 5.41) is 17.8. The molecular weight excluding hydrogens is 300 g/mol. The lowest BCUT2D eigenvalue weighted by Crippen LogP contribution is -2.15. The predicted molar refractivity (Wildman–Crippen MR) is 63.0 cm³/mol. The van der Waals surface area contributed by atoms with Crippen molar-refractivity contribution in [3.05, 3.63) is 36.0 Å². The predicted octanol–water partition coefficient (Wildman–Crippen LogP) is -0.188. The van der Waals surface area contributed by atoms with Crippen molar-refractivity contribution < 1.29 is 18.7 Å². The lowest BCUT2D eigenvalue weighted by atomic mass is 10.1. The Hall–Kier alpha value is -3.16. The highest BCUT2D eigenvalue weighted by Crippen LogP contribution is 2.15. The summed E-state index contributed by atoms with van der Waals surface area (Å²) in [6.45, 7) is 0. The van der Waals surface area contributed by atoms with E-state index in [9.17, 15) is 13.6 Å². The third-order valence-electron chi connectivity index (χ3n) is 2.43. The zero-order valence-electron chi connectivity index (χ0n) is 10.8. The number of hydrogen-bond donors (Lipinski definition) is 1. The highest BCUT2D eigenvalue weighted by Gasteiger charge is 2.20. The maximum Gasteiger partial charge on any atom is 0.312 e. The lowest BCUT2D eigenvalue weighted by Gasteiger charge is -2.07. The summed E-state index contributed by atoms with van der Waals surface area (Å²) < 4.78 is 26.2. The minimum atomic E-state index is -1.26. The molecule has 2 rings (SSSR count). The van der Waals surface area contributed by atoms with Crippen LogP contribution in [0.3, 0.4) is 0 Å². The number of aromatic nitrogens is 6. The summed E-state index contributed by atoms with van der Waals surface area (Å²) in [7, 11) is 0. The van der Waals surface area contributed by atoms with Gasteiger partial charge in [-0.25, -0.2) is 9.97 Å². The highest BCUT2D eigenvalue weighted by molar-refractivity contribution is 5.68. The molecule has 22 heavy (non-hydrogen) atoms. The SMILES string of the molecule is N#C[C@@H](Cc1ncnc(F)n1)c1nc(F)nc(CC(=O)O)n1. The topological polar surface area (TPSA) is 138 Å². The number of carboxylic acids is 1. The Bertz CT molecular complexity index is 749. The van der Waals surface area contributed by atoms with E-state index in [1.165, 1.54) is 0 Å². The normalized spacial score (nSPS) is 11.7. The molecular formula is C11H7F2N7O2. The minimum Gasteiger partial charge on any atom is -0.481 e. The molecule has 0 aliphatic heterocycles. The molecule has 0 aliphatic carbocycles. The van der Waals surface area contributed by atoms with Crippen LogP contribution in [-0.2, 0) is 17.6 Å². The van der Waals surface area contributed by atoms with Crippen LogP contribution in [0.15, 0.2) is 6.33 Å². The molecule has 0 aromatic carbocycles. The van der Waals surface area contributed by atoms with Crippen molar-refractivity contribution in [1.29, 1.82) is 5.26 Å². The summed E-state index contributed by atoms with van der Waals surface area (Å²) >= 11 is 0. The van der Waals surface area contributed by atoms with Gasteiger partial charge >= 0.3 is 18.1 Å². The van der Waals surface area contributed by atoms with Gasteiger partial charge in [0.25, 0.3) is 0 Å². The van der Waals surface area contributed by atoms with Crippen LogP contribution in [0.5, 0.6) is 0 Å². The van der Waals surface area contributed by atoms with Crippen LogP contribution >= 0.6 is 0 Å². The van der Waals surface area contributed by atoms with Crippen LogP contribution < -0.4 is 0 Å². The first-order chi connectivity index (χ1) is 10.5. The van der Waals surface area contributed by atoms with E-state index in [1.807, 2.05) is 0 Å². The van der Waals surface area contributed by atoms with Gasteiger partial charge in [-0.3, -0.25) is 4.79 Å². The van der Waals surface area contributed by atoms with E-state index < -0.39 is 30.5 Å². The lowest BCUT2D eigenvalue weighted by molar-refractivity contribution is -0.136. The van der Waals surface area contributed by atoms with Gasteiger partial charge in [0.05, 0.1) is 6.07 Å². The summed E-state index contributed by atoms with van der Waals surface area (Å²) in [5.41, 5.74) is 0. The number of carboxylic acid groups (broad SMARTS) is 1. The van der Waals surface area contributed by atoms with E-state index in [2.05, 4.69) is 29.9 Å².